The molecule has 116 valence electrons. The lowest BCUT2D eigenvalue weighted by Crippen LogP contribution is -2.42. The summed E-state index contributed by atoms with van der Waals surface area (Å²) in [6.07, 6.45) is 4.37. The molecule has 0 saturated heterocycles. The van der Waals surface area contributed by atoms with Crippen LogP contribution in [-0.4, -0.2) is 30.3 Å². The van der Waals surface area contributed by atoms with Crippen molar-refractivity contribution in [2.75, 3.05) is 13.7 Å². The van der Waals surface area contributed by atoms with Gasteiger partial charge in [0.25, 0.3) is 0 Å². The number of ether oxygens (including phenoxy) is 1. The summed E-state index contributed by atoms with van der Waals surface area (Å²) in [5.41, 5.74) is 0.424. The molecule has 1 aromatic rings. The zero-order valence-electron chi connectivity index (χ0n) is 12.9. The number of aliphatic hydroxyl groups is 1. The highest BCUT2D eigenvalue weighted by Gasteiger charge is 2.31. The second-order valence-electron chi connectivity index (χ2n) is 6.10. The Hall–Kier alpha value is -1.55. The van der Waals surface area contributed by atoms with Crippen LogP contribution in [0.5, 0.6) is 5.75 Å². The second kappa shape index (κ2) is 6.94. The van der Waals surface area contributed by atoms with Gasteiger partial charge in [0.2, 0.25) is 5.91 Å². The molecule has 1 saturated carbocycles. The smallest absolute Gasteiger partial charge is 0.223 e. The van der Waals surface area contributed by atoms with Gasteiger partial charge in [-0.05, 0) is 37.0 Å². The highest BCUT2D eigenvalue weighted by Crippen LogP contribution is 2.28. The Morgan fingerprint density at radius 1 is 1.33 bits per heavy atom. The maximum Gasteiger partial charge on any atom is 0.223 e. The Balaban J connectivity index is 1.81. The second-order valence-corrected chi connectivity index (χ2v) is 6.10. The fraction of sp³-hybridized carbons (Fsp3) is 0.588. The summed E-state index contributed by atoms with van der Waals surface area (Å²) in [6, 6.07) is 7.77. The van der Waals surface area contributed by atoms with Crippen molar-refractivity contribution < 1.29 is 14.6 Å². The van der Waals surface area contributed by atoms with Crippen molar-refractivity contribution in [3.63, 3.8) is 0 Å². The fourth-order valence-electron chi connectivity index (χ4n) is 2.84. The normalized spacial score (nSPS) is 18.2. The number of amides is 1. The number of nitrogens with one attached hydrogen (secondary N) is 1. The van der Waals surface area contributed by atoms with Crippen molar-refractivity contribution in [2.45, 2.75) is 44.6 Å². The van der Waals surface area contributed by atoms with Gasteiger partial charge in [0.1, 0.15) is 5.75 Å². The first-order chi connectivity index (χ1) is 10.0. The molecule has 0 heterocycles. The number of hydrogen-bond acceptors (Lipinski definition) is 3. The Morgan fingerprint density at radius 3 is 2.52 bits per heavy atom. The highest BCUT2D eigenvalue weighted by atomic mass is 16.5. The third-order valence-corrected chi connectivity index (χ3v) is 4.27. The summed E-state index contributed by atoms with van der Waals surface area (Å²) in [6.45, 7) is 2.29. The highest BCUT2D eigenvalue weighted by molar-refractivity contribution is 5.78. The van der Waals surface area contributed by atoms with Gasteiger partial charge in [0.05, 0.1) is 12.7 Å². The molecule has 1 aromatic carbocycles. The molecular formula is C17H25NO3. The van der Waals surface area contributed by atoms with Crippen LogP contribution in [0.2, 0.25) is 0 Å². The maximum atomic E-state index is 12.1. The largest absolute Gasteiger partial charge is 0.497 e. The molecule has 21 heavy (non-hydrogen) atoms. The average molecular weight is 291 g/mol. The summed E-state index contributed by atoms with van der Waals surface area (Å²) in [5, 5.41) is 13.1. The summed E-state index contributed by atoms with van der Waals surface area (Å²) in [7, 11) is 1.64. The molecule has 0 aromatic heterocycles. The first kappa shape index (κ1) is 15.8. The third-order valence-electron chi connectivity index (χ3n) is 4.27. The van der Waals surface area contributed by atoms with E-state index in [-0.39, 0.29) is 11.8 Å². The standard InChI is InChI=1S/C17H25NO3/c1-13(11-14-5-7-15(21-2)8-6-14)16(19)18-12-17(20)9-3-4-10-17/h5-8,13,20H,3-4,9-12H2,1-2H3,(H,18,19). The average Bonchev–Trinajstić information content (AvgIpc) is 2.93. The van der Waals surface area contributed by atoms with Gasteiger partial charge in [-0.3, -0.25) is 4.79 Å². The van der Waals surface area contributed by atoms with E-state index < -0.39 is 5.60 Å². The minimum atomic E-state index is -0.685. The fourth-order valence-corrected chi connectivity index (χ4v) is 2.84. The van der Waals surface area contributed by atoms with Crippen LogP contribution in [0.4, 0.5) is 0 Å². The molecule has 4 nitrogen and oxygen atoms in total. The molecule has 1 aliphatic carbocycles. The molecule has 2 N–H and O–H groups in total. The van der Waals surface area contributed by atoms with Gasteiger partial charge < -0.3 is 15.2 Å². The van der Waals surface area contributed by atoms with E-state index in [4.69, 9.17) is 4.74 Å². The van der Waals surface area contributed by atoms with Gasteiger partial charge >= 0.3 is 0 Å². The topological polar surface area (TPSA) is 58.6 Å². The lowest BCUT2D eigenvalue weighted by molar-refractivity contribution is -0.125. The Bertz CT molecular complexity index is 463. The van der Waals surface area contributed by atoms with Crippen molar-refractivity contribution in [1.29, 1.82) is 0 Å². The third kappa shape index (κ3) is 4.46. The molecule has 0 spiro atoms. The van der Waals surface area contributed by atoms with E-state index >= 15 is 0 Å². The van der Waals surface area contributed by atoms with Crippen LogP contribution in [0, 0.1) is 5.92 Å². The van der Waals surface area contributed by atoms with Crippen molar-refractivity contribution in [3.05, 3.63) is 29.8 Å². The monoisotopic (exact) mass is 291 g/mol. The van der Waals surface area contributed by atoms with Crippen molar-refractivity contribution in [2.24, 2.45) is 5.92 Å². The van der Waals surface area contributed by atoms with E-state index in [1.165, 1.54) is 0 Å². The SMILES string of the molecule is COc1ccc(CC(C)C(=O)NCC2(O)CCCC2)cc1. The zero-order chi connectivity index (χ0) is 15.3. The Morgan fingerprint density at radius 2 is 1.95 bits per heavy atom. The maximum absolute atomic E-state index is 12.1. The number of methoxy groups -OCH3 is 1. The molecule has 1 amide bonds. The van der Waals surface area contributed by atoms with E-state index in [0.717, 1.165) is 37.0 Å². The minimum Gasteiger partial charge on any atom is -0.497 e. The summed E-state index contributed by atoms with van der Waals surface area (Å²) >= 11 is 0. The van der Waals surface area contributed by atoms with Crippen molar-refractivity contribution >= 4 is 5.91 Å². The van der Waals surface area contributed by atoms with Gasteiger partial charge in [-0.25, -0.2) is 0 Å². The van der Waals surface area contributed by atoms with Crippen molar-refractivity contribution in [1.82, 2.24) is 5.32 Å². The number of carbonyl (C=O) groups is 1. The van der Waals surface area contributed by atoms with E-state index in [2.05, 4.69) is 5.32 Å². The quantitative estimate of drug-likeness (QED) is 0.845. The molecule has 0 bridgehead atoms. The Kier molecular flexibility index (Phi) is 5.23. The predicted octanol–water partition coefficient (Wildman–Crippen LogP) is 2.30. The lowest BCUT2D eigenvalue weighted by atomic mass is 9.99. The van der Waals surface area contributed by atoms with E-state index in [0.29, 0.717) is 13.0 Å². The molecule has 0 radical (unpaired) electrons. The van der Waals surface area contributed by atoms with E-state index in [1.54, 1.807) is 7.11 Å². The van der Waals surface area contributed by atoms with Gasteiger partial charge in [-0.1, -0.05) is 31.9 Å². The summed E-state index contributed by atoms with van der Waals surface area (Å²) in [4.78, 5) is 12.1. The summed E-state index contributed by atoms with van der Waals surface area (Å²) < 4.78 is 5.12. The molecular weight excluding hydrogens is 266 g/mol. The molecule has 1 aliphatic rings. The van der Waals surface area contributed by atoms with Crippen LogP contribution in [-0.2, 0) is 11.2 Å². The predicted molar refractivity (Wildman–Crippen MR) is 82.3 cm³/mol. The van der Waals surface area contributed by atoms with E-state index in [1.807, 2.05) is 31.2 Å². The van der Waals surface area contributed by atoms with Gasteiger partial charge in [-0.15, -0.1) is 0 Å². The van der Waals surface area contributed by atoms with Crippen LogP contribution in [0.1, 0.15) is 38.2 Å². The van der Waals surface area contributed by atoms with Crippen LogP contribution < -0.4 is 10.1 Å². The van der Waals surface area contributed by atoms with Gasteiger partial charge in [0, 0.05) is 12.5 Å². The summed E-state index contributed by atoms with van der Waals surface area (Å²) in [5.74, 6) is 0.717. The van der Waals surface area contributed by atoms with Crippen LogP contribution in [0.25, 0.3) is 0 Å². The lowest BCUT2D eigenvalue weighted by Gasteiger charge is -2.23. The van der Waals surface area contributed by atoms with Gasteiger partial charge in [0.15, 0.2) is 0 Å². The molecule has 1 fully saturated rings. The van der Waals surface area contributed by atoms with Crippen LogP contribution in [0.15, 0.2) is 24.3 Å². The molecule has 0 aliphatic heterocycles. The van der Waals surface area contributed by atoms with Crippen LogP contribution in [0.3, 0.4) is 0 Å². The van der Waals surface area contributed by atoms with Crippen LogP contribution >= 0.6 is 0 Å². The van der Waals surface area contributed by atoms with E-state index in [9.17, 15) is 9.90 Å². The first-order valence-electron chi connectivity index (χ1n) is 7.65. The zero-order valence-corrected chi connectivity index (χ0v) is 12.9. The number of benzene rings is 1. The minimum absolute atomic E-state index is 0.00569. The Labute approximate surface area is 126 Å². The number of rotatable bonds is 6. The molecule has 1 atom stereocenters. The van der Waals surface area contributed by atoms with Crippen molar-refractivity contribution in [3.8, 4) is 5.75 Å². The molecule has 2 rings (SSSR count). The number of hydrogen-bond donors (Lipinski definition) is 2. The first-order valence-corrected chi connectivity index (χ1v) is 7.65. The van der Waals surface area contributed by atoms with Gasteiger partial charge in [-0.2, -0.15) is 0 Å². The number of carbonyl (C=O) groups excluding carboxylic acids is 1. The molecule has 4 heteroatoms. The molecule has 1 unspecified atom stereocenters.